The van der Waals surface area contributed by atoms with Crippen LogP contribution >= 0.6 is 15.9 Å². The summed E-state index contributed by atoms with van der Waals surface area (Å²) in [5, 5.41) is 3.12. The second kappa shape index (κ2) is 4.57. The quantitative estimate of drug-likeness (QED) is 0.897. The fourth-order valence-corrected chi connectivity index (χ4v) is 2.60. The lowest BCUT2D eigenvalue weighted by Gasteiger charge is -2.07. The average molecular weight is 306 g/mol. The minimum absolute atomic E-state index is 0.0185. The van der Waals surface area contributed by atoms with Gasteiger partial charge in [0.15, 0.2) is 0 Å². The molecular weight excluding hydrogens is 294 g/mol. The molecule has 4 nitrogen and oxygen atoms in total. The minimum Gasteiger partial charge on any atom is -0.326 e. The Morgan fingerprint density at radius 2 is 2.22 bits per heavy atom. The number of aromatic nitrogens is 2. The second-order valence-electron chi connectivity index (χ2n) is 4.33. The van der Waals surface area contributed by atoms with Crippen LogP contribution in [-0.2, 0) is 12.8 Å². The van der Waals surface area contributed by atoms with Gasteiger partial charge < -0.3 is 5.32 Å². The van der Waals surface area contributed by atoms with Gasteiger partial charge in [-0.2, -0.15) is 0 Å². The summed E-state index contributed by atoms with van der Waals surface area (Å²) in [6.45, 7) is 0. The van der Waals surface area contributed by atoms with E-state index in [1.807, 2.05) is 24.3 Å². The zero-order valence-corrected chi connectivity index (χ0v) is 11.3. The highest BCUT2D eigenvalue weighted by Crippen LogP contribution is 2.20. The highest BCUT2D eigenvalue weighted by Gasteiger charge is 2.16. The minimum atomic E-state index is -0.0185. The van der Waals surface area contributed by atoms with Gasteiger partial charge in [-0.25, -0.2) is 4.98 Å². The number of fused-ring (bicyclic) bond motifs is 1. The van der Waals surface area contributed by atoms with Crippen molar-refractivity contribution in [3.63, 3.8) is 0 Å². The number of rotatable bonds is 2. The van der Waals surface area contributed by atoms with E-state index >= 15 is 0 Å². The summed E-state index contributed by atoms with van der Waals surface area (Å²) in [4.78, 5) is 19.1. The van der Waals surface area contributed by atoms with Gasteiger partial charge in [0.2, 0.25) is 5.95 Å². The molecule has 5 heteroatoms. The smallest absolute Gasteiger partial charge is 0.255 e. The number of hydrogen-bond donors (Lipinski definition) is 2. The third-order valence-electron chi connectivity index (χ3n) is 3.03. The van der Waals surface area contributed by atoms with Crippen molar-refractivity contribution in [3.8, 4) is 0 Å². The van der Waals surface area contributed by atoms with Crippen LogP contribution in [-0.4, -0.2) is 9.97 Å². The van der Waals surface area contributed by atoms with Gasteiger partial charge in [0.25, 0.3) is 5.56 Å². The summed E-state index contributed by atoms with van der Waals surface area (Å²) in [6, 6.07) is 7.74. The van der Waals surface area contributed by atoms with E-state index < -0.39 is 0 Å². The van der Waals surface area contributed by atoms with E-state index in [0.717, 1.165) is 40.7 Å². The van der Waals surface area contributed by atoms with E-state index in [9.17, 15) is 4.79 Å². The van der Waals surface area contributed by atoms with Crippen molar-refractivity contribution in [1.29, 1.82) is 0 Å². The molecule has 2 N–H and O–H groups in total. The molecule has 0 saturated heterocycles. The Morgan fingerprint density at radius 3 is 3.06 bits per heavy atom. The first-order chi connectivity index (χ1) is 8.72. The topological polar surface area (TPSA) is 57.8 Å². The third kappa shape index (κ3) is 2.18. The van der Waals surface area contributed by atoms with Crippen LogP contribution in [0.3, 0.4) is 0 Å². The molecule has 0 aliphatic heterocycles. The second-order valence-corrected chi connectivity index (χ2v) is 5.24. The highest BCUT2D eigenvalue weighted by atomic mass is 79.9. The molecule has 0 unspecified atom stereocenters. The zero-order chi connectivity index (χ0) is 12.5. The lowest BCUT2D eigenvalue weighted by molar-refractivity contribution is 0.899. The summed E-state index contributed by atoms with van der Waals surface area (Å²) in [5.74, 6) is 0.513. The molecule has 0 amide bonds. The van der Waals surface area contributed by atoms with Crippen molar-refractivity contribution in [1.82, 2.24) is 9.97 Å². The van der Waals surface area contributed by atoms with E-state index in [-0.39, 0.29) is 5.56 Å². The Kier molecular flexibility index (Phi) is 2.91. The number of nitrogens with one attached hydrogen (secondary N) is 2. The summed E-state index contributed by atoms with van der Waals surface area (Å²) in [5.41, 5.74) is 2.64. The van der Waals surface area contributed by atoms with E-state index in [1.165, 1.54) is 0 Å². The molecule has 1 aromatic heterocycles. The van der Waals surface area contributed by atoms with Gasteiger partial charge in [-0.15, -0.1) is 0 Å². The SMILES string of the molecule is O=c1[nH]c(Nc2cccc(Br)c2)nc2c1CCC2. The number of aromatic amines is 1. The number of anilines is 2. The molecule has 0 saturated carbocycles. The molecule has 0 radical (unpaired) electrons. The molecule has 0 fully saturated rings. The van der Waals surface area contributed by atoms with Crippen molar-refractivity contribution >= 4 is 27.6 Å². The Morgan fingerprint density at radius 1 is 1.33 bits per heavy atom. The van der Waals surface area contributed by atoms with E-state index in [2.05, 4.69) is 31.2 Å². The molecular formula is C13H12BrN3O. The van der Waals surface area contributed by atoms with Gasteiger partial charge in [-0.05, 0) is 37.5 Å². The van der Waals surface area contributed by atoms with Crippen LogP contribution < -0.4 is 10.9 Å². The first-order valence-electron chi connectivity index (χ1n) is 5.87. The molecule has 2 aromatic rings. The number of H-pyrrole nitrogens is 1. The van der Waals surface area contributed by atoms with Gasteiger partial charge in [0.1, 0.15) is 0 Å². The van der Waals surface area contributed by atoms with Crippen molar-refractivity contribution in [3.05, 3.63) is 50.3 Å². The van der Waals surface area contributed by atoms with Crippen LogP contribution in [0.5, 0.6) is 0 Å². The summed E-state index contributed by atoms with van der Waals surface area (Å²) < 4.78 is 0.982. The molecule has 1 aliphatic carbocycles. The Labute approximate surface area is 113 Å². The Balaban J connectivity index is 1.94. The van der Waals surface area contributed by atoms with Crippen molar-refractivity contribution in [2.45, 2.75) is 19.3 Å². The molecule has 0 bridgehead atoms. The summed E-state index contributed by atoms with van der Waals surface area (Å²) in [6.07, 6.45) is 2.76. The molecule has 18 heavy (non-hydrogen) atoms. The molecule has 0 spiro atoms. The van der Waals surface area contributed by atoms with Gasteiger partial charge in [-0.3, -0.25) is 9.78 Å². The van der Waals surface area contributed by atoms with E-state index in [1.54, 1.807) is 0 Å². The van der Waals surface area contributed by atoms with E-state index in [0.29, 0.717) is 5.95 Å². The maximum Gasteiger partial charge on any atom is 0.255 e. The van der Waals surface area contributed by atoms with Gasteiger partial charge in [0.05, 0.1) is 5.69 Å². The first kappa shape index (κ1) is 11.5. The number of benzene rings is 1. The van der Waals surface area contributed by atoms with Crippen LogP contribution in [0.25, 0.3) is 0 Å². The van der Waals surface area contributed by atoms with Crippen LogP contribution in [0.15, 0.2) is 33.5 Å². The predicted octanol–water partition coefficient (Wildman–Crippen LogP) is 2.76. The molecule has 0 atom stereocenters. The average Bonchev–Trinajstić information content (AvgIpc) is 2.77. The van der Waals surface area contributed by atoms with Gasteiger partial charge >= 0.3 is 0 Å². The molecule has 1 aliphatic rings. The lowest BCUT2D eigenvalue weighted by atomic mass is 10.3. The Hall–Kier alpha value is -1.62. The number of nitrogens with zero attached hydrogens (tertiary/aromatic N) is 1. The zero-order valence-electron chi connectivity index (χ0n) is 9.66. The van der Waals surface area contributed by atoms with Crippen LogP contribution in [0, 0.1) is 0 Å². The lowest BCUT2D eigenvalue weighted by Crippen LogP contribution is -2.16. The molecule has 92 valence electrons. The fourth-order valence-electron chi connectivity index (χ4n) is 2.20. The normalized spacial score (nSPS) is 13.4. The molecule has 1 aromatic carbocycles. The number of aryl methyl sites for hydroxylation is 1. The van der Waals surface area contributed by atoms with Gasteiger partial charge in [-0.1, -0.05) is 22.0 Å². The van der Waals surface area contributed by atoms with E-state index in [4.69, 9.17) is 0 Å². The van der Waals surface area contributed by atoms with Gasteiger partial charge in [0, 0.05) is 15.7 Å². The van der Waals surface area contributed by atoms with Crippen molar-refractivity contribution < 1.29 is 0 Å². The maximum atomic E-state index is 11.8. The predicted molar refractivity (Wildman–Crippen MR) is 74.3 cm³/mol. The first-order valence-corrected chi connectivity index (χ1v) is 6.66. The fraction of sp³-hybridized carbons (Fsp3) is 0.231. The monoisotopic (exact) mass is 305 g/mol. The molecule has 1 heterocycles. The number of hydrogen-bond acceptors (Lipinski definition) is 3. The van der Waals surface area contributed by atoms with Crippen LogP contribution in [0.1, 0.15) is 17.7 Å². The number of halogens is 1. The van der Waals surface area contributed by atoms with Crippen molar-refractivity contribution in [2.75, 3.05) is 5.32 Å². The van der Waals surface area contributed by atoms with Crippen LogP contribution in [0.2, 0.25) is 0 Å². The summed E-state index contributed by atoms with van der Waals surface area (Å²) >= 11 is 3.41. The third-order valence-corrected chi connectivity index (χ3v) is 3.52. The highest BCUT2D eigenvalue weighted by molar-refractivity contribution is 9.10. The van der Waals surface area contributed by atoms with Crippen LogP contribution in [0.4, 0.5) is 11.6 Å². The standard InChI is InChI=1S/C13H12BrN3O/c14-8-3-1-4-9(7-8)15-13-16-11-6-2-5-10(11)12(18)17-13/h1,3-4,7H,2,5-6H2,(H2,15,16,17,18). The molecule has 3 rings (SSSR count). The largest absolute Gasteiger partial charge is 0.326 e. The van der Waals surface area contributed by atoms with Crippen molar-refractivity contribution in [2.24, 2.45) is 0 Å². The Bertz CT molecular complexity index is 651. The maximum absolute atomic E-state index is 11.8. The summed E-state index contributed by atoms with van der Waals surface area (Å²) in [7, 11) is 0.